The summed E-state index contributed by atoms with van der Waals surface area (Å²) in [7, 11) is 0. The van der Waals surface area contributed by atoms with Gasteiger partial charge in [0.05, 0.1) is 5.69 Å². The zero-order chi connectivity index (χ0) is 21.8. The number of aromatic nitrogens is 3. The van der Waals surface area contributed by atoms with E-state index in [1.165, 1.54) is 6.08 Å². The summed E-state index contributed by atoms with van der Waals surface area (Å²) in [6.45, 7) is 8.22. The van der Waals surface area contributed by atoms with E-state index in [0.29, 0.717) is 17.2 Å². The summed E-state index contributed by atoms with van der Waals surface area (Å²) in [6.07, 6.45) is 5.73. The molecule has 0 aliphatic rings. The molecule has 30 heavy (non-hydrogen) atoms. The molecule has 0 radical (unpaired) electrons. The van der Waals surface area contributed by atoms with Crippen LogP contribution in [0.4, 0.5) is 0 Å². The lowest BCUT2D eigenvalue weighted by Gasteiger charge is -2.16. The smallest absolute Gasteiger partial charge is 0.243 e. The molecular weight excluding hydrogens is 400 g/mol. The number of aryl methyl sites for hydroxylation is 1. The Hall–Kier alpha value is -2.99. The Morgan fingerprint density at radius 3 is 2.53 bits per heavy atom. The van der Waals surface area contributed by atoms with Crippen molar-refractivity contribution in [2.75, 3.05) is 0 Å². The van der Waals surface area contributed by atoms with E-state index in [0.717, 1.165) is 34.3 Å². The maximum atomic E-state index is 12.9. The van der Waals surface area contributed by atoms with Gasteiger partial charge in [-0.05, 0) is 43.7 Å². The number of benzene rings is 1. The standard InChI is InChI=1S/C23H25ClN4O2/c1-14(2)21-26-15(3)20-18(6-5-11-29)13-28(22(20)27-21)16(4)23(30)25-12-17-7-9-19(24)10-8-17/h5-11,13-14,16H,12H2,1-4H3,(H,25,30)/b6-5+. The number of amides is 1. The molecule has 7 heteroatoms. The van der Waals surface area contributed by atoms with Gasteiger partial charge in [0.1, 0.15) is 23.8 Å². The van der Waals surface area contributed by atoms with Gasteiger partial charge in [0.15, 0.2) is 0 Å². The summed E-state index contributed by atoms with van der Waals surface area (Å²) in [5.74, 6) is 0.744. The van der Waals surface area contributed by atoms with Crippen molar-refractivity contribution in [3.05, 3.63) is 64.2 Å². The topological polar surface area (TPSA) is 76.9 Å². The lowest BCUT2D eigenvalue weighted by molar-refractivity contribution is -0.124. The summed E-state index contributed by atoms with van der Waals surface area (Å²) < 4.78 is 1.84. The molecule has 1 N–H and O–H groups in total. The van der Waals surface area contributed by atoms with Crippen molar-refractivity contribution < 1.29 is 9.59 Å². The maximum absolute atomic E-state index is 12.9. The van der Waals surface area contributed by atoms with E-state index in [-0.39, 0.29) is 11.8 Å². The lowest BCUT2D eigenvalue weighted by Crippen LogP contribution is -2.30. The fourth-order valence-corrected chi connectivity index (χ4v) is 3.39. The summed E-state index contributed by atoms with van der Waals surface area (Å²) in [6, 6.07) is 6.86. The Bertz CT molecular complexity index is 1100. The molecule has 2 aromatic heterocycles. The third kappa shape index (κ3) is 4.60. The highest BCUT2D eigenvalue weighted by Crippen LogP contribution is 2.28. The number of carbonyl (C=O) groups excluding carboxylic acids is 2. The van der Waals surface area contributed by atoms with Crippen LogP contribution in [-0.4, -0.2) is 26.7 Å². The van der Waals surface area contributed by atoms with Crippen LogP contribution in [0, 0.1) is 6.92 Å². The molecule has 1 atom stereocenters. The zero-order valence-electron chi connectivity index (χ0n) is 17.5. The van der Waals surface area contributed by atoms with Gasteiger partial charge in [-0.3, -0.25) is 9.59 Å². The van der Waals surface area contributed by atoms with E-state index in [4.69, 9.17) is 16.6 Å². The molecule has 0 spiro atoms. The largest absolute Gasteiger partial charge is 0.350 e. The van der Waals surface area contributed by atoms with Crippen LogP contribution >= 0.6 is 11.6 Å². The highest BCUT2D eigenvalue weighted by Gasteiger charge is 2.22. The normalized spacial score (nSPS) is 12.6. The lowest BCUT2D eigenvalue weighted by atomic mass is 10.1. The van der Waals surface area contributed by atoms with Crippen LogP contribution in [-0.2, 0) is 16.1 Å². The SMILES string of the molecule is Cc1nc(C(C)C)nc2c1c(/C=C/C=O)cn2C(C)C(=O)NCc1ccc(Cl)cc1. The van der Waals surface area contributed by atoms with Gasteiger partial charge in [-0.1, -0.05) is 37.6 Å². The predicted molar refractivity (Wildman–Crippen MR) is 119 cm³/mol. The maximum Gasteiger partial charge on any atom is 0.243 e. The van der Waals surface area contributed by atoms with Gasteiger partial charge in [-0.2, -0.15) is 0 Å². The van der Waals surface area contributed by atoms with E-state index < -0.39 is 6.04 Å². The average molecular weight is 425 g/mol. The fourth-order valence-electron chi connectivity index (χ4n) is 3.27. The van der Waals surface area contributed by atoms with E-state index >= 15 is 0 Å². The van der Waals surface area contributed by atoms with Gasteiger partial charge in [0, 0.05) is 34.6 Å². The first-order chi connectivity index (χ1) is 14.3. The van der Waals surface area contributed by atoms with E-state index in [2.05, 4.69) is 10.3 Å². The first-order valence-corrected chi connectivity index (χ1v) is 10.2. The molecule has 2 heterocycles. The molecule has 1 aromatic carbocycles. The molecule has 6 nitrogen and oxygen atoms in total. The second-order valence-electron chi connectivity index (χ2n) is 7.53. The van der Waals surface area contributed by atoms with Gasteiger partial charge in [0.2, 0.25) is 5.91 Å². The molecule has 3 aromatic rings. The van der Waals surface area contributed by atoms with Crippen LogP contribution in [0.2, 0.25) is 5.02 Å². The Morgan fingerprint density at radius 1 is 1.20 bits per heavy atom. The van der Waals surface area contributed by atoms with Crippen molar-refractivity contribution in [2.24, 2.45) is 0 Å². The van der Waals surface area contributed by atoms with E-state index in [1.807, 2.05) is 50.6 Å². The number of rotatable bonds is 7. The number of carbonyl (C=O) groups is 2. The Morgan fingerprint density at radius 2 is 1.90 bits per heavy atom. The quantitative estimate of drug-likeness (QED) is 0.444. The van der Waals surface area contributed by atoms with Crippen molar-refractivity contribution in [3.63, 3.8) is 0 Å². The van der Waals surface area contributed by atoms with Gasteiger partial charge < -0.3 is 9.88 Å². The summed E-state index contributed by atoms with van der Waals surface area (Å²) in [5, 5.41) is 4.46. The van der Waals surface area contributed by atoms with Crippen molar-refractivity contribution in [1.29, 1.82) is 0 Å². The van der Waals surface area contributed by atoms with Crippen LogP contribution in [0.1, 0.15) is 55.4 Å². The monoisotopic (exact) mass is 424 g/mol. The minimum Gasteiger partial charge on any atom is -0.350 e. The Balaban J connectivity index is 1.96. The molecule has 156 valence electrons. The number of fused-ring (bicyclic) bond motifs is 1. The first-order valence-electron chi connectivity index (χ1n) is 9.85. The van der Waals surface area contributed by atoms with Crippen LogP contribution in [0.25, 0.3) is 17.1 Å². The molecule has 0 aliphatic carbocycles. The van der Waals surface area contributed by atoms with Crippen LogP contribution < -0.4 is 5.32 Å². The number of allylic oxidation sites excluding steroid dienone is 1. The molecule has 3 rings (SSSR count). The summed E-state index contributed by atoms with van der Waals surface area (Å²) in [4.78, 5) is 33.1. The number of nitrogens with zero attached hydrogens (tertiary/aromatic N) is 3. The highest BCUT2D eigenvalue weighted by atomic mass is 35.5. The van der Waals surface area contributed by atoms with Crippen molar-refractivity contribution in [3.8, 4) is 0 Å². The molecule has 0 bridgehead atoms. The Labute approximate surface area is 181 Å². The van der Waals surface area contributed by atoms with E-state index in [1.54, 1.807) is 18.2 Å². The Kier molecular flexibility index (Phi) is 6.67. The number of halogens is 1. The average Bonchev–Trinajstić information content (AvgIpc) is 3.10. The van der Waals surface area contributed by atoms with Gasteiger partial charge in [-0.15, -0.1) is 0 Å². The van der Waals surface area contributed by atoms with Crippen LogP contribution in [0.3, 0.4) is 0 Å². The molecule has 0 fully saturated rings. The van der Waals surface area contributed by atoms with Gasteiger partial charge in [0.25, 0.3) is 0 Å². The van der Waals surface area contributed by atoms with Crippen LogP contribution in [0.5, 0.6) is 0 Å². The van der Waals surface area contributed by atoms with Gasteiger partial charge in [-0.25, -0.2) is 9.97 Å². The molecule has 1 amide bonds. The van der Waals surface area contributed by atoms with Crippen molar-refractivity contribution in [1.82, 2.24) is 19.9 Å². The van der Waals surface area contributed by atoms with Gasteiger partial charge >= 0.3 is 0 Å². The third-order valence-corrected chi connectivity index (χ3v) is 5.20. The predicted octanol–water partition coefficient (Wildman–Crippen LogP) is 4.61. The highest BCUT2D eigenvalue weighted by molar-refractivity contribution is 6.30. The molecule has 1 unspecified atom stereocenters. The summed E-state index contributed by atoms with van der Waals surface area (Å²) in [5.41, 5.74) is 3.28. The zero-order valence-corrected chi connectivity index (χ0v) is 18.3. The molecular formula is C23H25ClN4O2. The fraction of sp³-hybridized carbons (Fsp3) is 0.304. The molecule has 0 saturated heterocycles. The van der Waals surface area contributed by atoms with Crippen molar-refractivity contribution in [2.45, 2.75) is 46.2 Å². The molecule has 0 saturated carbocycles. The minimum atomic E-state index is -0.493. The third-order valence-electron chi connectivity index (χ3n) is 4.95. The van der Waals surface area contributed by atoms with E-state index in [9.17, 15) is 9.59 Å². The van der Waals surface area contributed by atoms with Crippen molar-refractivity contribution >= 4 is 40.9 Å². The van der Waals surface area contributed by atoms with Crippen LogP contribution in [0.15, 0.2) is 36.5 Å². The minimum absolute atomic E-state index is 0.130. The number of aldehydes is 1. The second-order valence-corrected chi connectivity index (χ2v) is 7.96. The summed E-state index contributed by atoms with van der Waals surface area (Å²) >= 11 is 5.92. The first kappa shape index (κ1) is 21.7. The number of hydrogen-bond donors (Lipinski definition) is 1. The number of nitrogens with one attached hydrogen (secondary N) is 1. The molecule has 0 aliphatic heterocycles. The second kappa shape index (κ2) is 9.22. The number of hydrogen-bond acceptors (Lipinski definition) is 4.